The van der Waals surface area contributed by atoms with Crippen LogP contribution in [0.5, 0.6) is 0 Å². The van der Waals surface area contributed by atoms with E-state index in [1.54, 1.807) is 6.08 Å². The SMILES string of the molecule is [CH]=CCc1c(C)sc2ccccc12. The zero-order valence-electron chi connectivity index (χ0n) is 7.58. The van der Waals surface area contributed by atoms with Crippen LogP contribution in [0.1, 0.15) is 10.4 Å². The van der Waals surface area contributed by atoms with Crippen LogP contribution in [-0.4, -0.2) is 0 Å². The van der Waals surface area contributed by atoms with Crippen molar-refractivity contribution in [3.8, 4) is 0 Å². The summed E-state index contributed by atoms with van der Waals surface area (Å²) in [5.41, 5.74) is 1.38. The summed E-state index contributed by atoms with van der Waals surface area (Å²) >= 11 is 1.84. The van der Waals surface area contributed by atoms with Gasteiger partial charge in [-0.3, -0.25) is 0 Å². The van der Waals surface area contributed by atoms with Gasteiger partial charge in [-0.15, -0.1) is 11.3 Å². The first kappa shape index (κ1) is 8.52. The summed E-state index contributed by atoms with van der Waals surface area (Å²) in [5, 5.41) is 1.35. The second-order valence-electron chi connectivity index (χ2n) is 3.07. The second-order valence-corrected chi connectivity index (χ2v) is 4.33. The Morgan fingerprint density at radius 3 is 2.92 bits per heavy atom. The van der Waals surface area contributed by atoms with E-state index in [0.717, 1.165) is 6.42 Å². The van der Waals surface area contributed by atoms with Crippen molar-refractivity contribution in [3.63, 3.8) is 0 Å². The highest BCUT2D eigenvalue weighted by Crippen LogP contribution is 2.30. The van der Waals surface area contributed by atoms with Crippen molar-refractivity contribution in [2.45, 2.75) is 13.3 Å². The van der Waals surface area contributed by atoms with Crippen LogP contribution in [0.2, 0.25) is 0 Å². The quantitative estimate of drug-likeness (QED) is 0.672. The summed E-state index contributed by atoms with van der Waals surface area (Å²) in [6, 6.07) is 8.48. The molecule has 13 heavy (non-hydrogen) atoms. The molecule has 0 aliphatic heterocycles. The molecule has 0 aliphatic carbocycles. The average Bonchev–Trinajstić information content (AvgIpc) is 2.44. The Bertz CT molecular complexity index is 437. The van der Waals surface area contributed by atoms with E-state index >= 15 is 0 Å². The lowest BCUT2D eigenvalue weighted by Gasteiger charge is -1.94. The predicted octanol–water partition coefficient (Wildman–Crippen LogP) is 3.74. The summed E-state index contributed by atoms with van der Waals surface area (Å²) in [7, 11) is 0. The molecule has 0 unspecified atom stereocenters. The minimum absolute atomic E-state index is 0.871. The monoisotopic (exact) mass is 187 g/mol. The van der Waals surface area contributed by atoms with Crippen molar-refractivity contribution in [1.82, 2.24) is 0 Å². The van der Waals surface area contributed by atoms with E-state index < -0.39 is 0 Å². The highest BCUT2D eigenvalue weighted by molar-refractivity contribution is 7.19. The smallest absolute Gasteiger partial charge is 0.0348 e. The molecule has 0 atom stereocenters. The maximum Gasteiger partial charge on any atom is 0.0348 e. The van der Waals surface area contributed by atoms with Crippen LogP contribution >= 0.6 is 11.3 Å². The molecule has 0 saturated heterocycles. The number of hydrogen-bond acceptors (Lipinski definition) is 1. The molecule has 1 radical (unpaired) electrons. The highest BCUT2D eigenvalue weighted by Gasteiger charge is 2.05. The minimum Gasteiger partial charge on any atom is -0.140 e. The number of thiophene rings is 1. The molecule has 0 saturated carbocycles. The molecule has 1 heterocycles. The molecule has 2 rings (SSSR count). The van der Waals surface area contributed by atoms with E-state index in [1.807, 2.05) is 11.3 Å². The first-order chi connectivity index (χ1) is 6.33. The third kappa shape index (κ3) is 1.40. The summed E-state index contributed by atoms with van der Waals surface area (Å²) < 4.78 is 1.36. The number of rotatable bonds is 2. The maximum atomic E-state index is 5.46. The molecule has 0 amide bonds. The van der Waals surface area contributed by atoms with Gasteiger partial charge in [0.05, 0.1) is 0 Å². The molecular weight excluding hydrogens is 176 g/mol. The van der Waals surface area contributed by atoms with Crippen molar-refractivity contribution < 1.29 is 0 Å². The van der Waals surface area contributed by atoms with E-state index in [4.69, 9.17) is 6.58 Å². The predicted molar refractivity (Wildman–Crippen MR) is 59.1 cm³/mol. The van der Waals surface area contributed by atoms with Gasteiger partial charge >= 0.3 is 0 Å². The van der Waals surface area contributed by atoms with E-state index in [0.29, 0.717) is 0 Å². The Labute approximate surface area is 82.5 Å². The lowest BCUT2D eigenvalue weighted by atomic mass is 10.1. The third-order valence-corrected chi connectivity index (χ3v) is 3.35. The number of hydrogen-bond donors (Lipinski definition) is 0. The summed E-state index contributed by atoms with van der Waals surface area (Å²) in [4.78, 5) is 1.38. The first-order valence-corrected chi connectivity index (χ1v) is 5.15. The molecule has 0 N–H and O–H groups in total. The first-order valence-electron chi connectivity index (χ1n) is 4.33. The van der Waals surface area contributed by atoms with Gasteiger partial charge in [-0.25, -0.2) is 0 Å². The molecule has 0 spiro atoms. The third-order valence-electron chi connectivity index (χ3n) is 2.22. The maximum absolute atomic E-state index is 5.46. The molecule has 1 heteroatoms. The minimum atomic E-state index is 0.871. The van der Waals surface area contributed by atoms with Gasteiger partial charge in [0.2, 0.25) is 0 Å². The molecule has 0 nitrogen and oxygen atoms in total. The molecule has 0 fully saturated rings. The Hall–Kier alpha value is -1.08. The van der Waals surface area contributed by atoms with Crippen molar-refractivity contribution in [2.24, 2.45) is 0 Å². The summed E-state index contributed by atoms with van der Waals surface area (Å²) in [6.45, 7) is 7.62. The molecule has 2 aromatic rings. The van der Waals surface area contributed by atoms with E-state index in [2.05, 4.69) is 31.2 Å². The molecule has 65 valence electrons. The fourth-order valence-corrected chi connectivity index (χ4v) is 2.69. The molecule has 1 aromatic carbocycles. The largest absolute Gasteiger partial charge is 0.140 e. The summed E-state index contributed by atoms with van der Waals surface area (Å²) in [6.07, 6.45) is 2.59. The molecule has 0 aliphatic rings. The number of benzene rings is 1. The van der Waals surface area contributed by atoms with Gasteiger partial charge in [0.15, 0.2) is 0 Å². The fourth-order valence-electron chi connectivity index (χ4n) is 1.59. The van der Waals surface area contributed by atoms with Gasteiger partial charge in [-0.2, -0.15) is 0 Å². The van der Waals surface area contributed by atoms with Crippen LogP contribution < -0.4 is 0 Å². The normalized spacial score (nSPS) is 10.5. The van der Waals surface area contributed by atoms with E-state index in [-0.39, 0.29) is 0 Å². The second kappa shape index (κ2) is 3.35. The molecule has 0 bridgehead atoms. The van der Waals surface area contributed by atoms with Gasteiger partial charge in [-0.1, -0.05) is 30.9 Å². The van der Waals surface area contributed by atoms with E-state index in [1.165, 1.54) is 20.5 Å². The summed E-state index contributed by atoms with van der Waals surface area (Å²) in [5.74, 6) is 0. The number of aryl methyl sites for hydroxylation is 1. The van der Waals surface area contributed by atoms with Gasteiger partial charge in [0.1, 0.15) is 0 Å². The van der Waals surface area contributed by atoms with Gasteiger partial charge < -0.3 is 0 Å². The topological polar surface area (TPSA) is 0 Å². The Morgan fingerprint density at radius 2 is 2.15 bits per heavy atom. The zero-order valence-corrected chi connectivity index (χ0v) is 8.40. The zero-order chi connectivity index (χ0) is 9.26. The van der Waals surface area contributed by atoms with Crippen LogP contribution in [0, 0.1) is 13.5 Å². The van der Waals surface area contributed by atoms with Crippen LogP contribution in [0.15, 0.2) is 30.3 Å². The van der Waals surface area contributed by atoms with Crippen LogP contribution in [-0.2, 0) is 6.42 Å². The van der Waals surface area contributed by atoms with Crippen LogP contribution in [0.3, 0.4) is 0 Å². The van der Waals surface area contributed by atoms with Crippen molar-refractivity contribution >= 4 is 21.4 Å². The van der Waals surface area contributed by atoms with Gasteiger partial charge in [0, 0.05) is 9.58 Å². The van der Waals surface area contributed by atoms with Crippen molar-refractivity contribution in [1.29, 1.82) is 0 Å². The van der Waals surface area contributed by atoms with Crippen LogP contribution in [0.25, 0.3) is 10.1 Å². The number of allylic oxidation sites excluding steroid dienone is 1. The average molecular weight is 187 g/mol. The lowest BCUT2D eigenvalue weighted by Crippen LogP contribution is -1.79. The van der Waals surface area contributed by atoms with E-state index in [9.17, 15) is 0 Å². The van der Waals surface area contributed by atoms with Crippen molar-refractivity contribution in [3.05, 3.63) is 47.4 Å². The lowest BCUT2D eigenvalue weighted by molar-refractivity contribution is 1.28. The Balaban J connectivity index is 2.70. The van der Waals surface area contributed by atoms with Crippen LogP contribution in [0.4, 0.5) is 0 Å². The van der Waals surface area contributed by atoms with Crippen molar-refractivity contribution in [2.75, 3.05) is 0 Å². The van der Waals surface area contributed by atoms with Gasteiger partial charge in [-0.05, 0) is 30.4 Å². The van der Waals surface area contributed by atoms with Gasteiger partial charge in [0.25, 0.3) is 0 Å². The molecular formula is C12H11S. The highest BCUT2D eigenvalue weighted by atomic mass is 32.1. The Kier molecular flexibility index (Phi) is 2.19. The standard InChI is InChI=1S/C12H11S/c1-3-6-10-9(2)13-12-8-5-4-7-11(10)12/h1,3-5,7-8H,6H2,2H3. The molecule has 1 aromatic heterocycles. The fraction of sp³-hybridized carbons (Fsp3) is 0.167. The number of fused-ring (bicyclic) bond motifs is 1. The Morgan fingerprint density at radius 1 is 1.38 bits per heavy atom.